The molecule has 1 atom stereocenters. The van der Waals surface area contributed by atoms with Crippen LogP contribution in [-0.4, -0.2) is 31.3 Å². The van der Waals surface area contributed by atoms with Crippen LogP contribution >= 0.6 is 11.5 Å². The first kappa shape index (κ1) is 15.8. The molecule has 1 aliphatic rings. The van der Waals surface area contributed by atoms with E-state index >= 15 is 0 Å². The van der Waals surface area contributed by atoms with Crippen LogP contribution in [0.4, 0.5) is 0 Å². The maximum atomic E-state index is 12.4. The standard InChI is InChI=1S/C15H19N5O2S/c1-3-4-12-14(23-19-17-12)15(22)16-10-5-6-11-9(7-10)8-13(21)20(2)18-11/h8,10H,3-7H2,1-2H3,(H,16,22)/t10-/m1/s1. The summed E-state index contributed by atoms with van der Waals surface area (Å²) in [5.41, 5.74) is 2.53. The first-order valence-electron chi connectivity index (χ1n) is 7.76. The van der Waals surface area contributed by atoms with Crippen molar-refractivity contribution in [3.63, 3.8) is 0 Å². The highest BCUT2D eigenvalue weighted by molar-refractivity contribution is 7.08. The number of fused-ring (bicyclic) bond motifs is 1. The summed E-state index contributed by atoms with van der Waals surface area (Å²) in [7, 11) is 1.66. The molecule has 2 aromatic heterocycles. The molecule has 1 N–H and O–H groups in total. The maximum absolute atomic E-state index is 12.4. The monoisotopic (exact) mass is 333 g/mol. The second-order valence-corrected chi connectivity index (χ2v) is 6.54. The number of amides is 1. The largest absolute Gasteiger partial charge is 0.348 e. The van der Waals surface area contributed by atoms with E-state index < -0.39 is 0 Å². The van der Waals surface area contributed by atoms with E-state index in [1.165, 1.54) is 4.68 Å². The predicted molar refractivity (Wildman–Crippen MR) is 86.7 cm³/mol. The van der Waals surface area contributed by atoms with E-state index in [0.717, 1.165) is 54.2 Å². The molecular weight excluding hydrogens is 314 g/mol. The third-order valence-corrected chi connectivity index (χ3v) is 4.80. The van der Waals surface area contributed by atoms with Crippen molar-refractivity contribution >= 4 is 17.4 Å². The molecule has 3 rings (SSSR count). The van der Waals surface area contributed by atoms with Gasteiger partial charge in [0.05, 0.1) is 11.4 Å². The second kappa shape index (κ2) is 6.57. The van der Waals surface area contributed by atoms with Gasteiger partial charge in [0.15, 0.2) is 0 Å². The molecule has 2 aromatic rings. The number of hydrogen-bond donors (Lipinski definition) is 1. The first-order chi connectivity index (χ1) is 11.1. The maximum Gasteiger partial charge on any atom is 0.266 e. The quantitative estimate of drug-likeness (QED) is 0.897. The molecule has 0 bridgehead atoms. The molecule has 0 aliphatic heterocycles. The van der Waals surface area contributed by atoms with Gasteiger partial charge in [-0.05, 0) is 42.8 Å². The minimum Gasteiger partial charge on any atom is -0.348 e. The number of carbonyl (C=O) groups is 1. The second-order valence-electron chi connectivity index (χ2n) is 5.79. The van der Waals surface area contributed by atoms with Crippen LogP contribution in [0.3, 0.4) is 0 Å². The summed E-state index contributed by atoms with van der Waals surface area (Å²) in [5, 5.41) is 11.4. The Morgan fingerprint density at radius 1 is 1.52 bits per heavy atom. The molecule has 0 radical (unpaired) electrons. The van der Waals surface area contributed by atoms with Crippen LogP contribution in [0.5, 0.6) is 0 Å². The van der Waals surface area contributed by atoms with Crippen molar-refractivity contribution in [3.8, 4) is 0 Å². The zero-order valence-corrected chi connectivity index (χ0v) is 14.0. The summed E-state index contributed by atoms with van der Waals surface area (Å²) in [5.74, 6) is -0.117. The Morgan fingerprint density at radius 3 is 3.13 bits per heavy atom. The van der Waals surface area contributed by atoms with Crippen molar-refractivity contribution in [2.75, 3.05) is 0 Å². The third kappa shape index (κ3) is 3.31. The summed E-state index contributed by atoms with van der Waals surface area (Å²) in [4.78, 5) is 24.8. The van der Waals surface area contributed by atoms with E-state index in [0.29, 0.717) is 11.3 Å². The molecule has 2 heterocycles. The highest BCUT2D eigenvalue weighted by Gasteiger charge is 2.24. The van der Waals surface area contributed by atoms with E-state index in [-0.39, 0.29) is 17.5 Å². The lowest BCUT2D eigenvalue weighted by Crippen LogP contribution is -2.40. The SMILES string of the molecule is CCCc1nnsc1C(=O)N[C@@H]1CCc2nn(C)c(=O)cc2C1. The van der Waals surface area contributed by atoms with Gasteiger partial charge < -0.3 is 5.32 Å². The predicted octanol–water partition coefficient (Wildman–Crippen LogP) is 0.872. The molecule has 0 saturated carbocycles. The summed E-state index contributed by atoms with van der Waals surface area (Å²) in [6, 6.07) is 1.64. The van der Waals surface area contributed by atoms with Crippen LogP contribution in [0.15, 0.2) is 10.9 Å². The van der Waals surface area contributed by atoms with Gasteiger partial charge in [-0.25, -0.2) is 4.68 Å². The molecule has 0 unspecified atom stereocenters. The Hall–Kier alpha value is -2.09. The number of nitrogens with zero attached hydrogens (tertiary/aromatic N) is 4. The van der Waals surface area contributed by atoms with Crippen molar-refractivity contribution in [2.45, 2.75) is 45.1 Å². The Kier molecular flexibility index (Phi) is 4.51. The lowest BCUT2D eigenvalue weighted by Gasteiger charge is -2.24. The number of carbonyl (C=O) groups excluding carboxylic acids is 1. The topological polar surface area (TPSA) is 89.8 Å². The fourth-order valence-corrected chi connectivity index (χ4v) is 3.45. The summed E-state index contributed by atoms with van der Waals surface area (Å²) in [6.45, 7) is 2.05. The minimum absolute atomic E-state index is 0.0143. The molecule has 0 fully saturated rings. The van der Waals surface area contributed by atoms with Gasteiger partial charge in [0, 0.05) is 19.2 Å². The molecule has 0 saturated heterocycles. The molecule has 0 aromatic carbocycles. The third-order valence-electron chi connectivity index (χ3n) is 4.04. The zero-order chi connectivity index (χ0) is 16.4. The molecule has 0 spiro atoms. The molecule has 8 heteroatoms. The van der Waals surface area contributed by atoms with E-state index in [1.54, 1.807) is 13.1 Å². The van der Waals surface area contributed by atoms with Crippen molar-refractivity contribution in [1.82, 2.24) is 24.7 Å². The minimum atomic E-state index is -0.118. The van der Waals surface area contributed by atoms with Gasteiger partial charge in [-0.2, -0.15) is 5.10 Å². The van der Waals surface area contributed by atoms with Crippen LogP contribution in [-0.2, 0) is 26.3 Å². The van der Waals surface area contributed by atoms with Gasteiger partial charge in [0.1, 0.15) is 4.88 Å². The number of aryl methyl sites for hydroxylation is 3. The van der Waals surface area contributed by atoms with Gasteiger partial charge in [0.25, 0.3) is 11.5 Å². The van der Waals surface area contributed by atoms with Gasteiger partial charge in [0.2, 0.25) is 0 Å². The summed E-state index contributed by atoms with van der Waals surface area (Å²) < 4.78 is 5.25. The number of nitrogens with one attached hydrogen (secondary N) is 1. The molecule has 1 aliphatic carbocycles. The number of aromatic nitrogens is 4. The normalized spacial score (nSPS) is 16.9. The Balaban J connectivity index is 1.72. The van der Waals surface area contributed by atoms with E-state index in [2.05, 4.69) is 20.0 Å². The fourth-order valence-electron chi connectivity index (χ4n) is 2.84. The van der Waals surface area contributed by atoms with Gasteiger partial charge in [-0.1, -0.05) is 17.8 Å². The van der Waals surface area contributed by atoms with Crippen molar-refractivity contribution in [2.24, 2.45) is 7.05 Å². The van der Waals surface area contributed by atoms with Gasteiger partial charge in [-0.15, -0.1) is 5.10 Å². The summed E-state index contributed by atoms with van der Waals surface area (Å²) >= 11 is 1.14. The summed E-state index contributed by atoms with van der Waals surface area (Å²) in [6.07, 6.45) is 3.90. The molecular formula is C15H19N5O2S. The Labute approximate surface area is 137 Å². The lowest BCUT2D eigenvalue weighted by atomic mass is 9.92. The van der Waals surface area contributed by atoms with Crippen LogP contribution in [0, 0.1) is 0 Å². The van der Waals surface area contributed by atoms with Crippen molar-refractivity contribution in [3.05, 3.63) is 38.2 Å². The molecule has 1 amide bonds. The Bertz CT molecular complexity index is 782. The van der Waals surface area contributed by atoms with Crippen LogP contribution in [0.1, 0.15) is 46.4 Å². The average Bonchev–Trinajstić information content (AvgIpc) is 2.97. The van der Waals surface area contributed by atoms with Crippen molar-refractivity contribution in [1.29, 1.82) is 0 Å². The van der Waals surface area contributed by atoms with Crippen LogP contribution in [0.25, 0.3) is 0 Å². The van der Waals surface area contributed by atoms with Crippen LogP contribution in [0.2, 0.25) is 0 Å². The molecule has 7 nitrogen and oxygen atoms in total. The van der Waals surface area contributed by atoms with Gasteiger partial charge in [-0.3, -0.25) is 9.59 Å². The number of hydrogen-bond acceptors (Lipinski definition) is 6. The smallest absolute Gasteiger partial charge is 0.266 e. The highest BCUT2D eigenvalue weighted by atomic mass is 32.1. The fraction of sp³-hybridized carbons (Fsp3) is 0.533. The Morgan fingerprint density at radius 2 is 2.35 bits per heavy atom. The van der Waals surface area contributed by atoms with E-state index in [4.69, 9.17) is 0 Å². The van der Waals surface area contributed by atoms with Crippen LogP contribution < -0.4 is 10.9 Å². The van der Waals surface area contributed by atoms with E-state index in [9.17, 15) is 9.59 Å². The molecule has 23 heavy (non-hydrogen) atoms. The highest BCUT2D eigenvalue weighted by Crippen LogP contribution is 2.19. The van der Waals surface area contributed by atoms with Gasteiger partial charge >= 0.3 is 0 Å². The molecule has 122 valence electrons. The lowest BCUT2D eigenvalue weighted by molar-refractivity contribution is 0.0936. The number of rotatable bonds is 4. The first-order valence-corrected chi connectivity index (χ1v) is 8.54. The average molecular weight is 333 g/mol. The van der Waals surface area contributed by atoms with E-state index in [1.807, 2.05) is 6.92 Å². The zero-order valence-electron chi connectivity index (χ0n) is 13.2. The van der Waals surface area contributed by atoms with Crippen molar-refractivity contribution < 1.29 is 4.79 Å².